The highest BCUT2D eigenvalue weighted by atomic mass is 16.3. The topological polar surface area (TPSA) is 32.3 Å². The van der Waals surface area contributed by atoms with Crippen molar-refractivity contribution in [2.75, 3.05) is 13.1 Å². The van der Waals surface area contributed by atoms with Gasteiger partial charge in [0.2, 0.25) is 0 Å². The van der Waals surface area contributed by atoms with Crippen LogP contribution in [0.15, 0.2) is 30.3 Å². The van der Waals surface area contributed by atoms with Gasteiger partial charge in [-0.2, -0.15) is 0 Å². The minimum absolute atomic E-state index is 0.291. The summed E-state index contributed by atoms with van der Waals surface area (Å²) in [5.74, 6) is 0. The molecule has 2 rings (SSSR count). The van der Waals surface area contributed by atoms with Crippen molar-refractivity contribution in [3.63, 3.8) is 0 Å². The Morgan fingerprint density at radius 3 is 1.94 bits per heavy atom. The average molecular weight is 223 g/mol. The van der Waals surface area contributed by atoms with Crippen molar-refractivity contribution >= 4 is 0 Å². The van der Waals surface area contributed by atoms with Gasteiger partial charge in [-0.05, 0) is 31.5 Å². The normalized spacial score (nSPS) is 14.5. The number of rotatable bonds is 2. The molecular weight excluding hydrogens is 198 g/mol. The highest BCUT2D eigenvalue weighted by Crippen LogP contribution is 2.14. The van der Waals surface area contributed by atoms with E-state index in [0.717, 1.165) is 12.0 Å². The molecule has 2 heteroatoms. The summed E-state index contributed by atoms with van der Waals surface area (Å²) < 4.78 is 0. The van der Waals surface area contributed by atoms with E-state index in [0.29, 0.717) is 0 Å². The zero-order chi connectivity index (χ0) is 12.2. The van der Waals surface area contributed by atoms with Crippen LogP contribution in [0.4, 0.5) is 0 Å². The third kappa shape index (κ3) is 6.59. The number of aliphatic hydroxyl groups excluding tert-OH is 1. The first kappa shape index (κ1) is 15.1. The molecule has 1 atom stereocenters. The molecule has 0 aliphatic carbocycles. The molecular formula is C14H25NO. The lowest BCUT2D eigenvalue weighted by molar-refractivity contribution is 0.173. The fraction of sp³-hybridized carbons (Fsp3) is 0.571. The maximum atomic E-state index is 9.33. The zero-order valence-electron chi connectivity index (χ0n) is 10.7. The van der Waals surface area contributed by atoms with Crippen molar-refractivity contribution in [3.05, 3.63) is 35.9 Å². The largest absolute Gasteiger partial charge is 0.388 e. The molecule has 1 heterocycles. The molecule has 0 amide bonds. The second kappa shape index (κ2) is 10.7. The summed E-state index contributed by atoms with van der Waals surface area (Å²) in [5.41, 5.74) is 1.00. The summed E-state index contributed by atoms with van der Waals surface area (Å²) in [6.45, 7) is 8.47. The summed E-state index contributed by atoms with van der Waals surface area (Å²) in [6.07, 6.45) is 1.88. The Kier molecular flexibility index (Phi) is 10.1. The van der Waals surface area contributed by atoms with Gasteiger partial charge in [-0.1, -0.05) is 51.1 Å². The van der Waals surface area contributed by atoms with Crippen LogP contribution >= 0.6 is 0 Å². The van der Waals surface area contributed by atoms with E-state index in [4.69, 9.17) is 0 Å². The molecule has 1 aromatic rings. The van der Waals surface area contributed by atoms with E-state index in [-0.39, 0.29) is 6.10 Å². The molecule has 16 heavy (non-hydrogen) atoms. The molecule has 0 radical (unpaired) electrons. The van der Waals surface area contributed by atoms with Crippen molar-refractivity contribution < 1.29 is 5.11 Å². The van der Waals surface area contributed by atoms with Crippen LogP contribution in [-0.2, 0) is 0 Å². The first-order valence-corrected chi connectivity index (χ1v) is 6.28. The molecule has 1 fully saturated rings. The molecule has 1 saturated heterocycles. The van der Waals surface area contributed by atoms with Gasteiger partial charge in [-0.15, -0.1) is 0 Å². The Morgan fingerprint density at radius 1 is 1.19 bits per heavy atom. The van der Waals surface area contributed by atoms with Crippen LogP contribution in [0.25, 0.3) is 0 Å². The number of benzene rings is 1. The molecule has 0 spiro atoms. The lowest BCUT2D eigenvalue weighted by atomic mass is 10.1. The zero-order valence-corrected chi connectivity index (χ0v) is 10.7. The molecule has 2 N–H and O–H groups in total. The van der Waals surface area contributed by atoms with Crippen molar-refractivity contribution in [2.45, 2.75) is 39.7 Å². The molecule has 0 bridgehead atoms. The van der Waals surface area contributed by atoms with E-state index in [1.165, 1.54) is 19.5 Å². The van der Waals surface area contributed by atoms with Gasteiger partial charge in [0.25, 0.3) is 0 Å². The van der Waals surface area contributed by atoms with Crippen LogP contribution in [0, 0.1) is 0 Å². The highest BCUT2D eigenvalue weighted by molar-refractivity contribution is 5.16. The van der Waals surface area contributed by atoms with E-state index in [1.807, 2.05) is 51.1 Å². The molecule has 92 valence electrons. The van der Waals surface area contributed by atoms with E-state index in [2.05, 4.69) is 5.32 Å². The number of hydrogen-bond donors (Lipinski definition) is 2. The van der Waals surface area contributed by atoms with Gasteiger partial charge in [0, 0.05) is 0 Å². The number of hydrogen-bond acceptors (Lipinski definition) is 2. The quantitative estimate of drug-likeness (QED) is 0.807. The van der Waals surface area contributed by atoms with Crippen molar-refractivity contribution in [2.24, 2.45) is 0 Å². The standard InChI is InChI=1S/C9H12O.C3H7N.C2H6/c1-2-9(10)8-6-4-3-5-7-8;1-2-4-3-1;1-2/h3-7,9-10H,2H2,1H3;4H,1-3H2;1-2H3. The van der Waals surface area contributed by atoms with E-state index in [1.54, 1.807) is 0 Å². The Hall–Kier alpha value is -0.860. The number of aliphatic hydroxyl groups is 1. The minimum Gasteiger partial charge on any atom is -0.388 e. The van der Waals surface area contributed by atoms with Crippen molar-refractivity contribution in [1.29, 1.82) is 0 Å². The predicted octanol–water partition coefficient (Wildman–Crippen LogP) is 3.14. The van der Waals surface area contributed by atoms with E-state index >= 15 is 0 Å². The number of nitrogens with one attached hydrogen (secondary N) is 1. The lowest BCUT2D eigenvalue weighted by Crippen LogP contribution is -2.29. The maximum Gasteiger partial charge on any atom is 0.0787 e. The van der Waals surface area contributed by atoms with E-state index < -0.39 is 0 Å². The molecule has 0 saturated carbocycles. The maximum absolute atomic E-state index is 9.33. The van der Waals surface area contributed by atoms with Crippen LogP contribution in [0.5, 0.6) is 0 Å². The highest BCUT2D eigenvalue weighted by Gasteiger charge is 2.00. The Balaban J connectivity index is 0.000000311. The fourth-order valence-electron chi connectivity index (χ4n) is 1.09. The third-order valence-electron chi connectivity index (χ3n) is 2.28. The molecule has 0 aromatic heterocycles. The van der Waals surface area contributed by atoms with Crippen LogP contribution in [0.3, 0.4) is 0 Å². The first-order chi connectivity index (χ1) is 7.84. The van der Waals surface area contributed by atoms with Gasteiger partial charge in [-0.3, -0.25) is 0 Å². The van der Waals surface area contributed by atoms with Gasteiger partial charge >= 0.3 is 0 Å². The van der Waals surface area contributed by atoms with Gasteiger partial charge in [0.05, 0.1) is 6.10 Å². The molecule has 1 aromatic carbocycles. The summed E-state index contributed by atoms with van der Waals surface area (Å²) in [5, 5.41) is 12.4. The second-order valence-corrected chi connectivity index (χ2v) is 3.44. The average Bonchev–Trinajstić information content (AvgIpc) is 2.30. The van der Waals surface area contributed by atoms with E-state index in [9.17, 15) is 5.11 Å². The summed E-state index contributed by atoms with van der Waals surface area (Å²) in [6, 6.07) is 9.70. The second-order valence-electron chi connectivity index (χ2n) is 3.44. The fourth-order valence-corrected chi connectivity index (χ4v) is 1.09. The molecule has 2 nitrogen and oxygen atoms in total. The SMILES string of the molecule is C1CNC1.CC.CCC(O)c1ccccc1. The smallest absolute Gasteiger partial charge is 0.0787 e. The Morgan fingerprint density at radius 2 is 1.62 bits per heavy atom. The Labute approximate surface area is 99.7 Å². The van der Waals surface area contributed by atoms with Gasteiger partial charge in [-0.25, -0.2) is 0 Å². The van der Waals surface area contributed by atoms with Gasteiger partial charge in [0.15, 0.2) is 0 Å². The Bertz CT molecular complexity index is 228. The van der Waals surface area contributed by atoms with Crippen LogP contribution < -0.4 is 5.32 Å². The molecule has 1 aliphatic rings. The summed E-state index contributed by atoms with van der Waals surface area (Å²) >= 11 is 0. The van der Waals surface area contributed by atoms with Crippen molar-refractivity contribution in [1.82, 2.24) is 5.32 Å². The molecule has 1 aliphatic heterocycles. The van der Waals surface area contributed by atoms with Crippen LogP contribution in [-0.4, -0.2) is 18.2 Å². The molecule has 1 unspecified atom stereocenters. The minimum atomic E-state index is -0.291. The first-order valence-electron chi connectivity index (χ1n) is 6.28. The monoisotopic (exact) mass is 223 g/mol. The lowest BCUT2D eigenvalue weighted by Gasteiger charge is -2.09. The van der Waals surface area contributed by atoms with Gasteiger partial charge in [0.1, 0.15) is 0 Å². The summed E-state index contributed by atoms with van der Waals surface area (Å²) in [7, 11) is 0. The third-order valence-corrected chi connectivity index (χ3v) is 2.28. The summed E-state index contributed by atoms with van der Waals surface area (Å²) in [4.78, 5) is 0. The van der Waals surface area contributed by atoms with Crippen LogP contribution in [0.1, 0.15) is 45.3 Å². The van der Waals surface area contributed by atoms with Crippen molar-refractivity contribution in [3.8, 4) is 0 Å². The van der Waals surface area contributed by atoms with Gasteiger partial charge < -0.3 is 10.4 Å². The van der Waals surface area contributed by atoms with Crippen LogP contribution in [0.2, 0.25) is 0 Å². The predicted molar refractivity (Wildman–Crippen MR) is 70.5 cm³/mol.